The van der Waals surface area contributed by atoms with Crippen LogP contribution in [0.2, 0.25) is 0 Å². The van der Waals surface area contributed by atoms with E-state index in [1.807, 2.05) is 66.5 Å². The summed E-state index contributed by atoms with van der Waals surface area (Å²) in [5.74, 6) is 0.230. The second kappa shape index (κ2) is 10.0. The van der Waals surface area contributed by atoms with Gasteiger partial charge in [-0.1, -0.05) is 80.6 Å². The summed E-state index contributed by atoms with van der Waals surface area (Å²) in [6.45, 7) is 0.548. The summed E-state index contributed by atoms with van der Waals surface area (Å²) in [5.41, 5.74) is 2.68. The number of benzene rings is 2. The zero-order chi connectivity index (χ0) is 22.5. The Morgan fingerprint density at radius 1 is 0.875 bits per heavy atom. The third-order valence-corrected chi connectivity index (χ3v) is 6.55. The molecule has 5 nitrogen and oxygen atoms in total. The maximum absolute atomic E-state index is 13.8. The normalized spacial score (nSPS) is 18.0. The van der Waals surface area contributed by atoms with Crippen LogP contribution in [0.15, 0.2) is 60.3 Å². The largest absolute Gasteiger partial charge is 0.496 e. The number of likely N-dealkylation sites (N-methyl/N-ethyl adjacent to an activating group) is 1. The zero-order valence-corrected chi connectivity index (χ0v) is 19.0. The zero-order valence-electron chi connectivity index (χ0n) is 19.0. The van der Waals surface area contributed by atoms with Gasteiger partial charge in [-0.2, -0.15) is 0 Å². The van der Waals surface area contributed by atoms with Crippen molar-refractivity contribution in [3.05, 3.63) is 71.4 Å². The molecular formula is C27H32N2O3. The minimum absolute atomic E-state index is 0.0392. The summed E-state index contributed by atoms with van der Waals surface area (Å²) in [4.78, 5) is 31.1. The highest BCUT2D eigenvalue weighted by atomic mass is 16.5. The minimum atomic E-state index is -0.194. The molecule has 1 aliphatic carbocycles. The topological polar surface area (TPSA) is 49.9 Å². The first-order valence-electron chi connectivity index (χ1n) is 11.6. The van der Waals surface area contributed by atoms with E-state index in [0.29, 0.717) is 29.1 Å². The molecule has 32 heavy (non-hydrogen) atoms. The average Bonchev–Trinajstić information content (AvgIpc) is 3.04. The van der Waals surface area contributed by atoms with E-state index >= 15 is 0 Å². The molecule has 1 heterocycles. The lowest BCUT2D eigenvalue weighted by molar-refractivity contribution is -0.140. The standard InChI is InChI=1S/C27H32N2O3/c1-28(19-20-13-7-6-8-14-20)25-24(22-17-11-12-18-23(22)32-2)26(30)29(27(25)31)21-15-9-4-3-5-10-16-21/h6-8,11-14,17-18,21H,3-5,9-10,15-16,19H2,1-2H3. The van der Waals surface area contributed by atoms with Gasteiger partial charge in [-0.25, -0.2) is 0 Å². The average molecular weight is 433 g/mol. The summed E-state index contributed by atoms with van der Waals surface area (Å²) in [5, 5.41) is 0. The van der Waals surface area contributed by atoms with E-state index in [4.69, 9.17) is 4.74 Å². The highest BCUT2D eigenvalue weighted by molar-refractivity contribution is 6.36. The Hall–Kier alpha value is -3.08. The molecule has 0 atom stereocenters. The number of hydrogen-bond donors (Lipinski definition) is 0. The van der Waals surface area contributed by atoms with Gasteiger partial charge in [0.2, 0.25) is 0 Å². The number of para-hydroxylation sites is 1. The Labute approximate surface area is 190 Å². The number of rotatable bonds is 6. The van der Waals surface area contributed by atoms with Crippen molar-refractivity contribution in [1.82, 2.24) is 9.80 Å². The number of methoxy groups -OCH3 is 1. The summed E-state index contributed by atoms with van der Waals surface area (Å²) in [6.07, 6.45) is 7.45. The molecule has 0 bridgehead atoms. The fourth-order valence-electron chi connectivity index (χ4n) is 4.94. The molecule has 1 aliphatic heterocycles. The van der Waals surface area contributed by atoms with Gasteiger partial charge >= 0.3 is 0 Å². The van der Waals surface area contributed by atoms with E-state index in [-0.39, 0.29) is 17.9 Å². The molecule has 2 amide bonds. The van der Waals surface area contributed by atoms with Crippen molar-refractivity contribution in [3.63, 3.8) is 0 Å². The molecule has 2 aliphatic rings. The summed E-state index contributed by atoms with van der Waals surface area (Å²) < 4.78 is 5.57. The summed E-state index contributed by atoms with van der Waals surface area (Å²) in [7, 11) is 3.49. The molecule has 4 rings (SSSR count). The first-order chi connectivity index (χ1) is 15.6. The Balaban J connectivity index is 1.75. The number of carbonyl (C=O) groups excluding carboxylic acids is 2. The monoisotopic (exact) mass is 432 g/mol. The van der Waals surface area contributed by atoms with Crippen molar-refractivity contribution in [1.29, 1.82) is 0 Å². The lowest BCUT2D eigenvalue weighted by Gasteiger charge is -2.29. The van der Waals surface area contributed by atoms with E-state index in [2.05, 4.69) is 0 Å². The molecule has 0 saturated heterocycles. The molecule has 0 spiro atoms. The fraction of sp³-hybridized carbons (Fsp3) is 0.407. The van der Waals surface area contributed by atoms with Crippen LogP contribution in [-0.4, -0.2) is 41.8 Å². The van der Waals surface area contributed by atoms with Crippen LogP contribution >= 0.6 is 0 Å². The van der Waals surface area contributed by atoms with Gasteiger partial charge in [0, 0.05) is 25.2 Å². The lowest BCUT2D eigenvalue weighted by Crippen LogP contribution is -2.42. The van der Waals surface area contributed by atoms with Gasteiger partial charge in [0.25, 0.3) is 11.8 Å². The van der Waals surface area contributed by atoms with Crippen LogP contribution < -0.4 is 4.74 Å². The quantitative estimate of drug-likeness (QED) is 0.602. The van der Waals surface area contributed by atoms with Crippen molar-refractivity contribution in [2.45, 2.75) is 57.5 Å². The van der Waals surface area contributed by atoms with Gasteiger partial charge in [-0.15, -0.1) is 0 Å². The first kappa shape index (κ1) is 22.1. The Morgan fingerprint density at radius 3 is 2.19 bits per heavy atom. The number of imide groups is 1. The van der Waals surface area contributed by atoms with Crippen molar-refractivity contribution in [2.24, 2.45) is 0 Å². The van der Waals surface area contributed by atoms with Gasteiger partial charge in [0.15, 0.2) is 0 Å². The van der Waals surface area contributed by atoms with E-state index in [1.165, 1.54) is 19.3 Å². The maximum atomic E-state index is 13.8. The second-order valence-corrected chi connectivity index (χ2v) is 8.74. The minimum Gasteiger partial charge on any atom is -0.496 e. The molecule has 2 aromatic carbocycles. The van der Waals surface area contributed by atoms with Gasteiger partial charge in [0.1, 0.15) is 11.4 Å². The van der Waals surface area contributed by atoms with Gasteiger partial charge in [0.05, 0.1) is 12.7 Å². The number of amides is 2. The lowest BCUT2D eigenvalue weighted by atomic mass is 9.95. The van der Waals surface area contributed by atoms with Crippen LogP contribution in [0.5, 0.6) is 5.75 Å². The van der Waals surface area contributed by atoms with Crippen LogP contribution in [0.4, 0.5) is 0 Å². The molecule has 1 fully saturated rings. The smallest absolute Gasteiger partial charge is 0.278 e. The highest BCUT2D eigenvalue weighted by Crippen LogP contribution is 2.38. The third kappa shape index (κ3) is 4.43. The number of ether oxygens (including phenoxy) is 1. The van der Waals surface area contributed by atoms with Crippen LogP contribution in [0.25, 0.3) is 5.57 Å². The first-order valence-corrected chi connectivity index (χ1v) is 11.6. The van der Waals surface area contributed by atoms with E-state index < -0.39 is 0 Å². The molecule has 1 saturated carbocycles. The van der Waals surface area contributed by atoms with Crippen LogP contribution in [-0.2, 0) is 16.1 Å². The van der Waals surface area contributed by atoms with Crippen molar-refractivity contribution in [3.8, 4) is 5.75 Å². The van der Waals surface area contributed by atoms with Gasteiger partial charge < -0.3 is 9.64 Å². The van der Waals surface area contributed by atoms with Crippen molar-refractivity contribution >= 4 is 17.4 Å². The summed E-state index contributed by atoms with van der Waals surface area (Å²) in [6, 6.07) is 17.5. The molecule has 0 aromatic heterocycles. The van der Waals surface area contributed by atoms with Gasteiger partial charge in [-0.3, -0.25) is 14.5 Å². The summed E-state index contributed by atoms with van der Waals surface area (Å²) >= 11 is 0. The number of carbonyl (C=O) groups is 2. The molecule has 0 N–H and O–H groups in total. The predicted octanol–water partition coefficient (Wildman–Crippen LogP) is 5.02. The van der Waals surface area contributed by atoms with E-state index in [1.54, 1.807) is 12.0 Å². The van der Waals surface area contributed by atoms with Crippen LogP contribution in [0.3, 0.4) is 0 Å². The molecule has 168 valence electrons. The maximum Gasteiger partial charge on any atom is 0.278 e. The SMILES string of the molecule is COc1ccccc1C1=C(N(C)Cc2ccccc2)C(=O)N(C2CCCCCCC2)C1=O. The molecule has 0 unspecified atom stereocenters. The number of hydrogen-bond acceptors (Lipinski definition) is 4. The molecule has 5 heteroatoms. The number of nitrogens with zero attached hydrogens (tertiary/aromatic N) is 2. The fourth-order valence-corrected chi connectivity index (χ4v) is 4.94. The van der Waals surface area contributed by atoms with Crippen LogP contribution in [0, 0.1) is 0 Å². The Kier molecular flexibility index (Phi) is 6.93. The van der Waals surface area contributed by atoms with Crippen molar-refractivity contribution in [2.75, 3.05) is 14.2 Å². The molecular weight excluding hydrogens is 400 g/mol. The molecule has 0 radical (unpaired) electrons. The third-order valence-electron chi connectivity index (χ3n) is 6.55. The van der Waals surface area contributed by atoms with Crippen molar-refractivity contribution < 1.29 is 14.3 Å². The second-order valence-electron chi connectivity index (χ2n) is 8.74. The van der Waals surface area contributed by atoms with Gasteiger partial charge in [-0.05, 0) is 24.5 Å². The highest BCUT2D eigenvalue weighted by Gasteiger charge is 2.44. The molecule has 2 aromatic rings. The predicted molar refractivity (Wildman–Crippen MR) is 126 cm³/mol. The Morgan fingerprint density at radius 2 is 1.50 bits per heavy atom. The van der Waals surface area contributed by atoms with Crippen LogP contribution in [0.1, 0.15) is 56.1 Å². The van der Waals surface area contributed by atoms with E-state index in [9.17, 15) is 9.59 Å². The Bertz CT molecular complexity index is 991. The van der Waals surface area contributed by atoms with E-state index in [0.717, 1.165) is 31.2 Å².